The zero-order chi connectivity index (χ0) is 12.3. The van der Waals surface area contributed by atoms with Crippen LogP contribution >= 0.6 is 27.7 Å². The first kappa shape index (κ1) is 12.1. The summed E-state index contributed by atoms with van der Waals surface area (Å²) in [7, 11) is 0. The van der Waals surface area contributed by atoms with Crippen molar-refractivity contribution in [2.75, 3.05) is 0 Å². The lowest BCUT2D eigenvalue weighted by Crippen LogP contribution is -2.13. The summed E-state index contributed by atoms with van der Waals surface area (Å²) in [6.07, 6.45) is 3.00. The maximum absolute atomic E-state index is 7.47. The number of rotatable bonds is 3. The molecule has 0 atom stereocenters. The highest BCUT2D eigenvalue weighted by Crippen LogP contribution is 2.33. The Kier molecular flexibility index (Phi) is 3.75. The van der Waals surface area contributed by atoms with E-state index in [1.54, 1.807) is 6.20 Å². The van der Waals surface area contributed by atoms with E-state index in [2.05, 4.69) is 25.9 Å². The van der Waals surface area contributed by atoms with Crippen LogP contribution in [-0.2, 0) is 0 Å². The molecule has 6 heteroatoms. The molecule has 2 aromatic rings. The van der Waals surface area contributed by atoms with Crippen molar-refractivity contribution in [2.45, 2.75) is 9.92 Å². The van der Waals surface area contributed by atoms with Gasteiger partial charge in [-0.2, -0.15) is 0 Å². The van der Waals surface area contributed by atoms with Crippen LogP contribution in [0.2, 0.25) is 0 Å². The standard InChI is InChI=1S/C11H9BrN4S/c12-8-3-1-2-4-9(8)17-11-7(10(13)14)5-15-6-16-11/h1-6H,(H3,13,14). The first-order valence-corrected chi connectivity index (χ1v) is 6.36. The van der Waals surface area contributed by atoms with Crippen LogP contribution in [0.15, 0.2) is 51.2 Å². The van der Waals surface area contributed by atoms with Gasteiger partial charge in [-0.15, -0.1) is 0 Å². The number of hydrogen-bond donors (Lipinski definition) is 2. The van der Waals surface area contributed by atoms with Crippen molar-refractivity contribution in [1.82, 2.24) is 9.97 Å². The molecule has 2 rings (SSSR count). The Morgan fingerprint density at radius 3 is 2.82 bits per heavy atom. The molecule has 1 aromatic carbocycles. The van der Waals surface area contributed by atoms with E-state index in [0.29, 0.717) is 10.6 Å². The van der Waals surface area contributed by atoms with E-state index in [-0.39, 0.29) is 5.84 Å². The van der Waals surface area contributed by atoms with Gasteiger partial charge in [-0.3, -0.25) is 5.41 Å². The molecule has 0 fully saturated rings. The molecule has 0 aliphatic rings. The van der Waals surface area contributed by atoms with Gasteiger partial charge in [0.1, 0.15) is 17.2 Å². The number of nitrogens with one attached hydrogen (secondary N) is 1. The van der Waals surface area contributed by atoms with Crippen molar-refractivity contribution in [3.63, 3.8) is 0 Å². The minimum atomic E-state index is -0.0276. The molecule has 0 amide bonds. The van der Waals surface area contributed by atoms with Gasteiger partial charge in [-0.05, 0) is 28.1 Å². The van der Waals surface area contributed by atoms with E-state index in [0.717, 1.165) is 9.37 Å². The smallest absolute Gasteiger partial charge is 0.127 e. The highest BCUT2D eigenvalue weighted by atomic mass is 79.9. The lowest BCUT2D eigenvalue weighted by molar-refractivity contribution is 1.03. The van der Waals surface area contributed by atoms with Gasteiger partial charge in [-0.25, -0.2) is 9.97 Å². The highest BCUT2D eigenvalue weighted by Gasteiger charge is 2.10. The predicted octanol–water partition coefficient (Wildman–Crippen LogP) is 2.67. The van der Waals surface area contributed by atoms with Crippen LogP contribution in [0.5, 0.6) is 0 Å². The summed E-state index contributed by atoms with van der Waals surface area (Å²) in [5.74, 6) is -0.0276. The second-order valence-electron chi connectivity index (χ2n) is 3.19. The summed E-state index contributed by atoms with van der Waals surface area (Å²) in [5, 5.41) is 8.15. The molecule has 0 aliphatic heterocycles. The van der Waals surface area contributed by atoms with Crippen molar-refractivity contribution in [3.05, 3.63) is 46.8 Å². The zero-order valence-electron chi connectivity index (χ0n) is 8.72. The van der Waals surface area contributed by atoms with Crippen molar-refractivity contribution >= 4 is 33.5 Å². The molecule has 0 aliphatic carbocycles. The number of halogens is 1. The summed E-state index contributed by atoms with van der Waals surface area (Å²) in [6, 6.07) is 7.82. The van der Waals surface area contributed by atoms with E-state index in [1.807, 2.05) is 24.3 Å². The average Bonchev–Trinajstić information content (AvgIpc) is 2.32. The molecule has 0 unspecified atom stereocenters. The van der Waals surface area contributed by atoms with Crippen LogP contribution in [0.3, 0.4) is 0 Å². The highest BCUT2D eigenvalue weighted by molar-refractivity contribution is 9.10. The van der Waals surface area contributed by atoms with E-state index in [1.165, 1.54) is 18.1 Å². The third kappa shape index (κ3) is 2.83. The summed E-state index contributed by atoms with van der Waals surface area (Å²) in [4.78, 5) is 9.04. The lowest BCUT2D eigenvalue weighted by Gasteiger charge is -2.06. The SMILES string of the molecule is N=C(N)c1cncnc1Sc1ccccc1Br. The summed E-state index contributed by atoms with van der Waals surface area (Å²) in [6.45, 7) is 0. The van der Waals surface area contributed by atoms with E-state index in [9.17, 15) is 0 Å². The van der Waals surface area contributed by atoms with E-state index >= 15 is 0 Å². The van der Waals surface area contributed by atoms with Gasteiger partial charge in [0.2, 0.25) is 0 Å². The third-order valence-corrected chi connectivity index (χ3v) is 4.06. The molecule has 0 bridgehead atoms. The third-order valence-electron chi connectivity index (χ3n) is 2.01. The first-order valence-electron chi connectivity index (χ1n) is 4.75. The van der Waals surface area contributed by atoms with E-state index in [4.69, 9.17) is 11.1 Å². The molecule has 0 saturated carbocycles. The fraction of sp³-hybridized carbons (Fsp3) is 0. The number of nitrogens with zero attached hydrogens (tertiary/aromatic N) is 2. The van der Waals surface area contributed by atoms with Crippen molar-refractivity contribution < 1.29 is 0 Å². The Labute approximate surface area is 111 Å². The molecular formula is C11H9BrN4S. The van der Waals surface area contributed by atoms with Crippen LogP contribution in [-0.4, -0.2) is 15.8 Å². The number of nitrogens with two attached hydrogens (primary N) is 1. The Hall–Kier alpha value is -1.40. The van der Waals surface area contributed by atoms with Gasteiger partial charge in [0.25, 0.3) is 0 Å². The Morgan fingerprint density at radius 1 is 1.35 bits per heavy atom. The minimum absolute atomic E-state index is 0.0276. The van der Waals surface area contributed by atoms with Gasteiger partial charge in [0.15, 0.2) is 0 Å². The van der Waals surface area contributed by atoms with Crippen molar-refractivity contribution in [2.24, 2.45) is 5.73 Å². The van der Waals surface area contributed by atoms with Crippen LogP contribution in [0.4, 0.5) is 0 Å². The largest absolute Gasteiger partial charge is 0.384 e. The van der Waals surface area contributed by atoms with Crippen LogP contribution in [0.1, 0.15) is 5.56 Å². The molecule has 1 aromatic heterocycles. The van der Waals surface area contributed by atoms with Crippen LogP contribution in [0, 0.1) is 5.41 Å². The second-order valence-corrected chi connectivity index (χ2v) is 5.07. The van der Waals surface area contributed by atoms with Crippen molar-refractivity contribution in [3.8, 4) is 0 Å². The summed E-state index contributed by atoms with van der Waals surface area (Å²) >= 11 is 4.92. The monoisotopic (exact) mass is 308 g/mol. The van der Waals surface area contributed by atoms with Crippen LogP contribution in [0.25, 0.3) is 0 Å². The second kappa shape index (κ2) is 5.29. The Balaban J connectivity index is 2.37. The number of amidine groups is 1. The van der Waals surface area contributed by atoms with Gasteiger partial charge in [-0.1, -0.05) is 23.9 Å². The number of benzene rings is 1. The maximum Gasteiger partial charge on any atom is 0.127 e. The van der Waals surface area contributed by atoms with Gasteiger partial charge in [0.05, 0.1) is 5.56 Å². The lowest BCUT2D eigenvalue weighted by atomic mass is 10.3. The number of aromatic nitrogens is 2. The molecule has 4 nitrogen and oxygen atoms in total. The molecule has 17 heavy (non-hydrogen) atoms. The number of hydrogen-bond acceptors (Lipinski definition) is 4. The topological polar surface area (TPSA) is 75.7 Å². The molecule has 3 N–H and O–H groups in total. The van der Waals surface area contributed by atoms with E-state index < -0.39 is 0 Å². The predicted molar refractivity (Wildman–Crippen MR) is 71.3 cm³/mol. The molecule has 86 valence electrons. The van der Waals surface area contributed by atoms with Gasteiger partial charge >= 0.3 is 0 Å². The fourth-order valence-electron chi connectivity index (χ4n) is 1.22. The molecular weight excluding hydrogens is 300 g/mol. The summed E-state index contributed by atoms with van der Waals surface area (Å²) in [5.41, 5.74) is 6.03. The quantitative estimate of drug-likeness (QED) is 0.519. The van der Waals surface area contributed by atoms with Crippen LogP contribution < -0.4 is 5.73 Å². The fourth-order valence-corrected chi connectivity index (χ4v) is 2.64. The Morgan fingerprint density at radius 2 is 2.12 bits per heavy atom. The normalized spacial score (nSPS) is 10.2. The van der Waals surface area contributed by atoms with Crippen molar-refractivity contribution in [1.29, 1.82) is 5.41 Å². The van der Waals surface area contributed by atoms with Gasteiger partial charge < -0.3 is 5.73 Å². The average molecular weight is 309 g/mol. The maximum atomic E-state index is 7.47. The number of nitrogen functional groups attached to an aromatic ring is 1. The molecule has 0 saturated heterocycles. The van der Waals surface area contributed by atoms with Gasteiger partial charge in [0, 0.05) is 15.6 Å². The molecule has 1 heterocycles. The molecule has 0 spiro atoms. The Bertz CT molecular complexity index is 559. The summed E-state index contributed by atoms with van der Waals surface area (Å²) < 4.78 is 0.984. The first-order chi connectivity index (χ1) is 8.18. The molecule has 0 radical (unpaired) electrons. The minimum Gasteiger partial charge on any atom is -0.384 e. The zero-order valence-corrected chi connectivity index (χ0v) is 11.1.